The summed E-state index contributed by atoms with van der Waals surface area (Å²) in [5, 5.41) is 30.6. The molecule has 0 atom stereocenters. The van der Waals surface area contributed by atoms with E-state index < -0.39 is 45.7 Å². The minimum atomic E-state index is -4.71. The number of rotatable bonds is 11. The van der Waals surface area contributed by atoms with Gasteiger partial charge in [0.25, 0.3) is 5.91 Å². The number of aromatic nitrogens is 4. The number of nitrogens with one attached hydrogen (secondary N) is 4. The molecule has 0 aliphatic rings. The molecule has 0 fully saturated rings. The van der Waals surface area contributed by atoms with Crippen molar-refractivity contribution >= 4 is 38.5 Å². The van der Waals surface area contributed by atoms with Gasteiger partial charge in [-0.2, -0.15) is 18.3 Å². The molecule has 0 aliphatic carbocycles. The Morgan fingerprint density at radius 1 is 1.12 bits per heavy atom. The number of aliphatic hydroxyl groups excluding tert-OH is 1. The van der Waals surface area contributed by atoms with Gasteiger partial charge in [-0.1, -0.05) is 18.2 Å². The fourth-order valence-electron chi connectivity index (χ4n) is 4.06. The van der Waals surface area contributed by atoms with E-state index in [1.54, 1.807) is 18.2 Å². The van der Waals surface area contributed by atoms with Crippen molar-refractivity contribution in [3.63, 3.8) is 0 Å². The maximum atomic E-state index is 14.3. The summed E-state index contributed by atoms with van der Waals surface area (Å²) in [5.41, 5.74) is -0.435. The zero-order chi connectivity index (χ0) is 30.7. The summed E-state index contributed by atoms with van der Waals surface area (Å²) in [7, 11) is -2.44. The molecule has 0 bridgehead atoms. The quantitative estimate of drug-likeness (QED) is 0.139. The second-order valence-corrected chi connectivity index (χ2v) is 10.9. The van der Waals surface area contributed by atoms with Crippen molar-refractivity contribution in [3.05, 3.63) is 59.0 Å². The van der Waals surface area contributed by atoms with E-state index in [0.29, 0.717) is 17.7 Å². The van der Waals surface area contributed by atoms with E-state index in [1.165, 1.54) is 13.1 Å². The van der Waals surface area contributed by atoms with E-state index in [9.17, 15) is 35.9 Å². The summed E-state index contributed by atoms with van der Waals surface area (Å²) in [6.45, 7) is -0.411. The number of H-pyrrole nitrogens is 1. The molecule has 12 nitrogen and oxygen atoms in total. The number of alkyl halides is 3. The van der Waals surface area contributed by atoms with Crippen molar-refractivity contribution in [1.82, 2.24) is 25.5 Å². The van der Waals surface area contributed by atoms with Gasteiger partial charge in [-0.25, -0.2) is 22.8 Å². The Kier molecular flexibility index (Phi) is 8.81. The van der Waals surface area contributed by atoms with Crippen LogP contribution in [0.3, 0.4) is 0 Å². The molecule has 17 heteroatoms. The normalized spacial score (nSPS) is 12.0. The summed E-state index contributed by atoms with van der Waals surface area (Å²) < 4.78 is 81.5. The predicted molar refractivity (Wildman–Crippen MR) is 145 cm³/mol. The van der Waals surface area contributed by atoms with Crippen LogP contribution in [-0.2, 0) is 23.0 Å². The largest absolute Gasteiger partial charge is 0.505 e. The van der Waals surface area contributed by atoms with Crippen LogP contribution >= 0.6 is 0 Å². The van der Waals surface area contributed by atoms with E-state index in [0.717, 1.165) is 0 Å². The number of para-hydroxylation sites is 1. The van der Waals surface area contributed by atoms with Crippen molar-refractivity contribution in [2.24, 2.45) is 0 Å². The molecule has 2 aromatic carbocycles. The predicted octanol–water partition coefficient (Wildman–Crippen LogP) is 3.07. The number of aliphatic hydroxyl groups is 1. The summed E-state index contributed by atoms with van der Waals surface area (Å²) in [4.78, 5) is 21.0. The summed E-state index contributed by atoms with van der Waals surface area (Å²) in [6, 6.07) is 7.65. The van der Waals surface area contributed by atoms with Crippen molar-refractivity contribution in [2.45, 2.75) is 25.6 Å². The Hall–Kier alpha value is -4.51. The van der Waals surface area contributed by atoms with Gasteiger partial charge in [0.15, 0.2) is 28.7 Å². The number of aromatic hydroxyl groups is 1. The molecular formula is C25H25F4N7O5S. The molecular weight excluding hydrogens is 586 g/mol. The fraction of sp³-hybridized carbons (Fsp3) is 0.280. The second-order valence-electron chi connectivity index (χ2n) is 9.03. The SMILES string of the molecule is CNC(=O)c1n[nH]c2nc(-c3cc(F)c(O)cc3CC(F)(F)F)nc(NCc3ccccc3NS(=O)(=O)CCCO)c12. The first-order valence-corrected chi connectivity index (χ1v) is 14.0. The molecule has 42 heavy (non-hydrogen) atoms. The lowest BCUT2D eigenvalue weighted by Crippen LogP contribution is -2.19. The number of carbonyl (C=O) groups is 1. The maximum Gasteiger partial charge on any atom is 0.393 e. The second kappa shape index (κ2) is 12.2. The number of halogens is 4. The fourth-order valence-corrected chi connectivity index (χ4v) is 5.21. The first-order valence-electron chi connectivity index (χ1n) is 12.3. The van der Waals surface area contributed by atoms with Gasteiger partial charge in [-0.05, 0) is 35.7 Å². The van der Waals surface area contributed by atoms with Crippen molar-refractivity contribution < 1.29 is 41.0 Å². The lowest BCUT2D eigenvalue weighted by Gasteiger charge is -2.15. The number of amides is 1. The molecule has 2 heterocycles. The molecule has 0 radical (unpaired) electrons. The van der Waals surface area contributed by atoms with Gasteiger partial charge in [0.1, 0.15) is 5.82 Å². The van der Waals surface area contributed by atoms with E-state index in [1.807, 2.05) is 0 Å². The van der Waals surface area contributed by atoms with Crippen LogP contribution in [0.4, 0.5) is 29.1 Å². The highest BCUT2D eigenvalue weighted by molar-refractivity contribution is 7.92. The number of phenolic OH excluding ortho intramolecular Hbond substituents is 1. The zero-order valence-corrected chi connectivity index (χ0v) is 22.7. The molecule has 0 aliphatic heterocycles. The zero-order valence-electron chi connectivity index (χ0n) is 21.9. The molecule has 0 spiro atoms. The Morgan fingerprint density at radius 2 is 1.86 bits per heavy atom. The molecule has 0 unspecified atom stereocenters. The minimum Gasteiger partial charge on any atom is -0.505 e. The maximum absolute atomic E-state index is 14.3. The Bertz CT molecular complexity index is 1730. The Labute approximate surface area is 236 Å². The highest BCUT2D eigenvalue weighted by atomic mass is 32.2. The number of benzene rings is 2. The topological polar surface area (TPSA) is 182 Å². The van der Waals surface area contributed by atoms with Gasteiger partial charge in [0.05, 0.1) is 23.2 Å². The van der Waals surface area contributed by atoms with Gasteiger partial charge in [-0.3, -0.25) is 14.6 Å². The van der Waals surface area contributed by atoms with Crippen LogP contribution in [0.1, 0.15) is 28.0 Å². The standard InChI is InChI=1S/C25H25F4N7O5S/c1-30-24(39)20-19-22(31-12-13-5-2-3-6-17(13)36-42(40,41)8-4-7-37)32-21(33-23(19)35-34-20)15-10-16(26)18(38)9-14(15)11-25(27,28)29/h2-3,5-6,9-10,36-38H,4,7-8,11-12H2,1H3,(H,30,39)(H2,31,32,33,34,35). The minimum absolute atomic E-state index is 0.0222. The molecule has 2 aromatic heterocycles. The number of anilines is 2. The van der Waals surface area contributed by atoms with E-state index >= 15 is 0 Å². The van der Waals surface area contributed by atoms with Crippen LogP contribution in [0.2, 0.25) is 0 Å². The van der Waals surface area contributed by atoms with Crippen molar-refractivity contribution in [3.8, 4) is 17.1 Å². The number of hydrogen-bond donors (Lipinski definition) is 6. The van der Waals surface area contributed by atoms with Crippen molar-refractivity contribution in [2.75, 3.05) is 29.4 Å². The molecule has 6 N–H and O–H groups in total. The number of phenols is 1. The molecule has 4 aromatic rings. The van der Waals surface area contributed by atoms with Gasteiger partial charge in [0, 0.05) is 25.8 Å². The number of aromatic amines is 1. The van der Waals surface area contributed by atoms with E-state index in [4.69, 9.17) is 5.11 Å². The highest BCUT2D eigenvalue weighted by Crippen LogP contribution is 2.35. The number of fused-ring (bicyclic) bond motifs is 1. The number of carbonyl (C=O) groups excluding carboxylic acids is 1. The van der Waals surface area contributed by atoms with Crippen LogP contribution in [0.25, 0.3) is 22.4 Å². The molecule has 4 rings (SSSR count). The van der Waals surface area contributed by atoms with Crippen LogP contribution in [0.5, 0.6) is 5.75 Å². The summed E-state index contributed by atoms with van der Waals surface area (Å²) >= 11 is 0. The third-order valence-corrected chi connectivity index (χ3v) is 7.32. The number of nitrogens with zero attached hydrogens (tertiary/aromatic N) is 3. The van der Waals surface area contributed by atoms with Gasteiger partial charge in [-0.15, -0.1) is 0 Å². The third kappa shape index (κ3) is 7.03. The first-order chi connectivity index (χ1) is 19.8. The summed E-state index contributed by atoms with van der Waals surface area (Å²) in [6.07, 6.45) is -6.20. The highest BCUT2D eigenvalue weighted by Gasteiger charge is 2.31. The first kappa shape index (κ1) is 30.4. The summed E-state index contributed by atoms with van der Waals surface area (Å²) in [5.74, 6) is -3.59. The van der Waals surface area contributed by atoms with E-state index in [-0.39, 0.29) is 64.9 Å². The molecule has 0 saturated carbocycles. The van der Waals surface area contributed by atoms with Gasteiger partial charge in [0.2, 0.25) is 10.0 Å². The Balaban J connectivity index is 1.80. The van der Waals surface area contributed by atoms with Crippen LogP contribution in [0, 0.1) is 5.82 Å². The average Bonchev–Trinajstić information content (AvgIpc) is 3.36. The number of sulfonamides is 1. The lowest BCUT2D eigenvalue weighted by molar-refractivity contribution is -0.127. The van der Waals surface area contributed by atoms with Gasteiger partial charge >= 0.3 is 6.18 Å². The van der Waals surface area contributed by atoms with Crippen LogP contribution in [-0.4, -0.2) is 70.3 Å². The molecule has 1 amide bonds. The third-order valence-electron chi connectivity index (χ3n) is 5.97. The average molecular weight is 612 g/mol. The van der Waals surface area contributed by atoms with Crippen molar-refractivity contribution in [1.29, 1.82) is 0 Å². The monoisotopic (exact) mass is 611 g/mol. The lowest BCUT2D eigenvalue weighted by atomic mass is 10.0. The molecule has 0 saturated heterocycles. The van der Waals surface area contributed by atoms with Crippen LogP contribution in [0.15, 0.2) is 36.4 Å². The van der Waals surface area contributed by atoms with E-state index in [2.05, 4.69) is 35.5 Å². The molecule has 224 valence electrons. The van der Waals surface area contributed by atoms with Crippen LogP contribution < -0.4 is 15.4 Å². The van der Waals surface area contributed by atoms with Gasteiger partial charge < -0.3 is 20.8 Å². The Morgan fingerprint density at radius 3 is 2.55 bits per heavy atom. The smallest absolute Gasteiger partial charge is 0.393 e. The number of hydrogen-bond acceptors (Lipinski definition) is 9.